The first-order valence-corrected chi connectivity index (χ1v) is 11.6. The fraction of sp³-hybridized carbons (Fsp3) is 0.200. The average molecular weight is 511 g/mol. The van der Waals surface area contributed by atoms with Gasteiger partial charge < -0.3 is 15.8 Å². The van der Waals surface area contributed by atoms with Crippen LogP contribution in [-0.4, -0.2) is 35.0 Å². The van der Waals surface area contributed by atoms with Gasteiger partial charge in [0.2, 0.25) is 5.91 Å². The summed E-state index contributed by atoms with van der Waals surface area (Å²) in [6.07, 6.45) is -0.333. The molecule has 0 radical (unpaired) electrons. The first-order valence-electron chi connectivity index (χ1n) is 10.7. The van der Waals surface area contributed by atoms with E-state index in [0.29, 0.717) is 5.69 Å². The fourth-order valence-corrected chi connectivity index (χ4v) is 5.47. The van der Waals surface area contributed by atoms with Gasteiger partial charge in [0, 0.05) is 11.3 Å². The molecule has 2 aromatic carbocycles. The predicted molar refractivity (Wildman–Crippen MR) is 128 cm³/mol. The Morgan fingerprint density at radius 3 is 2.50 bits per heavy atom. The molecule has 4 rings (SSSR count). The molecule has 2 aliphatic rings. The first kappa shape index (κ1) is 24.9. The minimum Gasteiger partial charge on any atom is -0.469 e. The molecule has 8 nitrogen and oxygen atoms in total. The van der Waals surface area contributed by atoms with E-state index in [4.69, 9.17) is 5.73 Å². The lowest BCUT2D eigenvalue weighted by molar-refractivity contribution is -0.142. The van der Waals surface area contributed by atoms with Crippen molar-refractivity contribution in [2.45, 2.75) is 24.5 Å². The number of anilines is 1. The molecule has 2 atom stereocenters. The number of amides is 2. The molecule has 2 amide bonds. The summed E-state index contributed by atoms with van der Waals surface area (Å²) in [6.45, 7) is 1.82. The number of nitrogens with one attached hydrogen (secondary N) is 1. The molecule has 11 heteroatoms. The number of carbonyl (C=O) groups excluding carboxylic acids is 3. The minimum atomic E-state index is -1.54. The van der Waals surface area contributed by atoms with Crippen molar-refractivity contribution in [1.29, 1.82) is 5.26 Å². The third-order valence-corrected chi connectivity index (χ3v) is 7.07. The summed E-state index contributed by atoms with van der Waals surface area (Å²) in [4.78, 5) is 39.7. The Morgan fingerprint density at radius 1 is 1.22 bits per heavy atom. The topological polar surface area (TPSA) is 126 Å². The number of hydrogen-bond donors (Lipinski definition) is 2. The Balaban J connectivity index is 1.93. The number of ether oxygens (including phenoxy) is 1. The van der Waals surface area contributed by atoms with Crippen LogP contribution in [0, 0.1) is 29.9 Å². The lowest BCUT2D eigenvalue weighted by Crippen LogP contribution is -2.39. The normalized spacial score (nSPS) is 19.2. The largest absolute Gasteiger partial charge is 0.469 e. The van der Waals surface area contributed by atoms with E-state index >= 15 is 0 Å². The molecule has 2 heterocycles. The Labute approximate surface area is 209 Å². The monoisotopic (exact) mass is 510 g/mol. The van der Waals surface area contributed by atoms with Crippen LogP contribution in [0.5, 0.6) is 0 Å². The zero-order valence-corrected chi connectivity index (χ0v) is 20.0. The van der Waals surface area contributed by atoms with E-state index < -0.39 is 46.1 Å². The van der Waals surface area contributed by atoms with Gasteiger partial charge in [0.1, 0.15) is 22.7 Å². The summed E-state index contributed by atoms with van der Waals surface area (Å²) in [5.41, 5.74) is 6.26. The number of aryl methyl sites for hydroxylation is 1. The van der Waals surface area contributed by atoms with Crippen LogP contribution in [0.2, 0.25) is 0 Å². The molecule has 0 saturated carbocycles. The van der Waals surface area contributed by atoms with Gasteiger partial charge in [0.15, 0.2) is 0 Å². The van der Waals surface area contributed by atoms with E-state index in [2.05, 4.69) is 10.1 Å². The van der Waals surface area contributed by atoms with Crippen LogP contribution in [0.3, 0.4) is 0 Å². The van der Waals surface area contributed by atoms with Gasteiger partial charge in [-0.05, 0) is 36.8 Å². The number of benzene rings is 2. The second-order valence-corrected chi connectivity index (χ2v) is 9.27. The Kier molecular flexibility index (Phi) is 6.81. The smallest absolute Gasteiger partial charge is 0.307 e. The molecule has 0 aliphatic carbocycles. The van der Waals surface area contributed by atoms with Gasteiger partial charge in [-0.3, -0.25) is 19.3 Å². The quantitative estimate of drug-likeness (QED) is 0.591. The number of methoxy groups -OCH3 is 1. The highest BCUT2D eigenvalue weighted by Crippen LogP contribution is 2.50. The number of nitrogens with two attached hydrogens (primary N) is 1. The number of halogens is 2. The van der Waals surface area contributed by atoms with E-state index in [1.165, 1.54) is 7.11 Å². The van der Waals surface area contributed by atoms with Gasteiger partial charge in [-0.1, -0.05) is 30.0 Å². The van der Waals surface area contributed by atoms with Crippen LogP contribution >= 0.6 is 11.8 Å². The number of esters is 1. The van der Waals surface area contributed by atoms with Gasteiger partial charge in [-0.15, -0.1) is 0 Å². The van der Waals surface area contributed by atoms with E-state index in [0.717, 1.165) is 40.4 Å². The van der Waals surface area contributed by atoms with Crippen molar-refractivity contribution in [2.24, 2.45) is 5.73 Å². The first-order chi connectivity index (χ1) is 17.2. The number of allylic oxidation sites excluding steroid dienone is 1. The summed E-state index contributed by atoms with van der Waals surface area (Å²) in [7, 11) is 1.17. The second kappa shape index (κ2) is 9.83. The van der Waals surface area contributed by atoms with Crippen molar-refractivity contribution in [2.75, 3.05) is 12.4 Å². The summed E-state index contributed by atoms with van der Waals surface area (Å²) in [5, 5.41) is 11.6. The molecule has 3 N–H and O–H groups in total. The highest BCUT2D eigenvalue weighted by Gasteiger charge is 2.49. The molecular formula is C25H20F2N4O4S. The van der Waals surface area contributed by atoms with Crippen molar-refractivity contribution in [3.63, 3.8) is 0 Å². The molecule has 0 unspecified atom stereocenters. The summed E-state index contributed by atoms with van der Waals surface area (Å²) in [6, 6.07) is 11.8. The maximum absolute atomic E-state index is 15.0. The number of thioether (sulfide) groups is 1. The number of nitrogens with zero attached hydrogens (tertiary/aromatic N) is 2. The van der Waals surface area contributed by atoms with Crippen LogP contribution in [0.4, 0.5) is 14.5 Å². The molecule has 2 aliphatic heterocycles. The van der Waals surface area contributed by atoms with Crippen LogP contribution in [0.25, 0.3) is 0 Å². The van der Waals surface area contributed by atoms with Gasteiger partial charge in [-0.25, -0.2) is 8.78 Å². The van der Waals surface area contributed by atoms with Gasteiger partial charge in [0.05, 0.1) is 41.7 Å². The van der Waals surface area contributed by atoms with E-state index in [1.807, 2.05) is 19.1 Å². The molecule has 1 saturated heterocycles. The second-order valence-electron chi connectivity index (χ2n) is 8.08. The standard InChI is InChI=1S/C25H20F2N4O4S/c1-12-5-3-6-13(9-12)30-23(33)21-19(20-15(26)7-4-8-16(20)27)14(11-28)22(29)31-24(34)17(36-25(21)31)10-18(32)35-2/h3-9,17,19H,10,29H2,1-2H3,(H,30,33)/t17-,19-/m1/s1. The molecule has 2 aromatic rings. The van der Waals surface area contributed by atoms with Crippen molar-refractivity contribution >= 4 is 35.2 Å². The zero-order valence-electron chi connectivity index (χ0n) is 19.2. The molecular weight excluding hydrogens is 490 g/mol. The number of fused-ring (bicyclic) bond motifs is 1. The van der Waals surface area contributed by atoms with Crippen LogP contribution in [-0.2, 0) is 19.1 Å². The maximum atomic E-state index is 15.0. The van der Waals surface area contributed by atoms with E-state index in [-0.39, 0.29) is 28.4 Å². The highest BCUT2D eigenvalue weighted by atomic mass is 32.2. The van der Waals surface area contributed by atoms with Gasteiger partial charge in [0.25, 0.3) is 5.91 Å². The molecule has 0 spiro atoms. The number of rotatable bonds is 5. The summed E-state index contributed by atoms with van der Waals surface area (Å²) in [5.74, 6) is -5.99. The number of hydrogen-bond acceptors (Lipinski definition) is 7. The van der Waals surface area contributed by atoms with Crippen molar-refractivity contribution in [1.82, 2.24) is 4.90 Å². The summed E-state index contributed by atoms with van der Waals surface area (Å²) >= 11 is 0.849. The molecule has 36 heavy (non-hydrogen) atoms. The lowest BCUT2D eigenvalue weighted by Gasteiger charge is -2.32. The third kappa shape index (κ3) is 4.31. The average Bonchev–Trinajstić information content (AvgIpc) is 3.14. The zero-order chi connectivity index (χ0) is 26.1. The third-order valence-electron chi connectivity index (χ3n) is 5.79. The van der Waals surface area contributed by atoms with Gasteiger partial charge in [-0.2, -0.15) is 5.26 Å². The van der Waals surface area contributed by atoms with Crippen LogP contribution in [0.15, 0.2) is 64.5 Å². The fourth-order valence-electron chi connectivity index (χ4n) is 4.14. The van der Waals surface area contributed by atoms with Crippen molar-refractivity contribution < 1.29 is 27.9 Å². The Bertz CT molecular complexity index is 1380. The van der Waals surface area contributed by atoms with E-state index in [9.17, 15) is 28.4 Å². The highest BCUT2D eigenvalue weighted by molar-refractivity contribution is 8.04. The van der Waals surface area contributed by atoms with E-state index in [1.54, 1.807) is 18.2 Å². The minimum absolute atomic E-state index is 0.0109. The molecule has 1 fully saturated rings. The van der Waals surface area contributed by atoms with Crippen molar-refractivity contribution in [3.8, 4) is 6.07 Å². The van der Waals surface area contributed by atoms with Crippen LogP contribution < -0.4 is 11.1 Å². The Hall–Kier alpha value is -4.17. The van der Waals surface area contributed by atoms with Crippen LogP contribution in [0.1, 0.15) is 23.5 Å². The molecule has 0 aromatic heterocycles. The van der Waals surface area contributed by atoms with Gasteiger partial charge >= 0.3 is 5.97 Å². The number of carbonyl (C=O) groups is 3. The Morgan fingerprint density at radius 2 is 1.89 bits per heavy atom. The lowest BCUT2D eigenvalue weighted by atomic mass is 9.82. The summed E-state index contributed by atoms with van der Waals surface area (Å²) < 4.78 is 34.6. The molecule has 184 valence electrons. The maximum Gasteiger partial charge on any atom is 0.307 e. The molecule has 0 bridgehead atoms. The number of nitriles is 1. The SMILES string of the molecule is COC(=O)C[C@H]1SC2=C(C(=O)Nc3cccc(C)c3)[C@@H](c3c(F)cccc3F)C(C#N)=C(N)N2C1=O. The predicted octanol–water partition coefficient (Wildman–Crippen LogP) is 3.42. The van der Waals surface area contributed by atoms with Crippen molar-refractivity contribution in [3.05, 3.63) is 87.2 Å².